The smallest absolute Gasteiger partial charge is 0.232 e. The van der Waals surface area contributed by atoms with Gasteiger partial charge in [-0.2, -0.15) is 15.0 Å². The summed E-state index contributed by atoms with van der Waals surface area (Å²) < 4.78 is 6.03. The van der Waals surface area contributed by atoms with Crippen molar-refractivity contribution in [2.45, 2.75) is 0 Å². The Morgan fingerprint density at radius 2 is 1.83 bits per heavy atom. The van der Waals surface area contributed by atoms with Crippen molar-refractivity contribution in [1.82, 2.24) is 15.0 Å². The van der Waals surface area contributed by atoms with Gasteiger partial charge in [-0.15, -0.1) is 0 Å². The predicted octanol–water partition coefficient (Wildman–Crippen LogP) is 3.69. The number of aromatic nitrogens is 3. The Bertz CT molecular complexity index is 562. The van der Waals surface area contributed by atoms with Crippen molar-refractivity contribution in [3.05, 3.63) is 33.2 Å². The van der Waals surface area contributed by atoms with Crippen LogP contribution in [-0.4, -0.2) is 22.1 Å². The van der Waals surface area contributed by atoms with E-state index in [1.54, 1.807) is 13.2 Å². The maximum absolute atomic E-state index is 5.68. The number of rotatable bonds is 3. The highest BCUT2D eigenvalue weighted by Gasteiger charge is 2.06. The molecule has 0 radical (unpaired) electrons. The Morgan fingerprint density at radius 3 is 2.44 bits per heavy atom. The molecule has 18 heavy (non-hydrogen) atoms. The van der Waals surface area contributed by atoms with Crippen LogP contribution in [0.15, 0.2) is 22.7 Å². The highest BCUT2D eigenvalue weighted by atomic mass is 79.9. The van der Waals surface area contributed by atoms with E-state index in [9.17, 15) is 0 Å². The first-order valence-corrected chi connectivity index (χ1v) is 6.31. The molecule has 0 bridgehead atoms. The molecule has 0 saturated heterocycles. The molecule has 0 atom stereocenters. The van der Waals surface area contributed by atoms with Crippen molar-refractivity contribution in [1.29, 1.82) is 0 Å². The number of nitrogens with one attached hydrogen (secondary N) is 1. The zero-order valence-corrected chi connectivity index (χ0v) is 12.2. The van der Waals surface area contributed by atoms with Gasteiger partial charge in [0.1, 0.15) is 5.75 Å². The number of hydrogen-bond donors (Lipinski definition) is 1. The number of ether oxygens (including phenoxy) is 1. The van der Waals surface area contributed by atoms with Gasteiger partial charge in [-0.25, -0.2) is 0 Å². The summed E-state index contributed by atoms with van der Waals surface area (Å²) in [6.07, 6.45) is 0. The van der Waals surface area contributed by atoms with Gasteiger partial charge in [0.05, 0.1) is 11.6 Å². The molecule has 94 valence electrons. The largest absolute Gasteiger partial charge is 0.495 e. The molecule has 0 spiro atoms. The zero-order chi connectivity index (χ0) is 13.1. The highest BCUT2D eigenvalue weighted by Crippen LogP contribution is 2.28. The lowest BCUT2D eigenvalue weighted by atomic mass is 10.3. The standard InChI is InChI=1S/C10H7BrCl2N4O/c1-18-7-4-5(2-3-6(7)11)14-10-16-8(12)15-9(13)17-10/h2-4H,1H3,(H,14,15,16,17). The van der Waals surface area contributed by atoms with Crippen LogP contribution in [0.5, 0.6) is 5.75 Å². The summed E-state index contributed by atoms with van der Waals surface area (Å²) >= 11 is 14.7. The van der Waals surface area contributed by atoms with Crippen LogP contribution in [0.25, 0.3) is 0 Å². The van der Waals surface area contributed by atoms with Crippen LogP contribution >= 0.6 is 39.1 Å². The summed E-state index contributed by atoms with van der Waals surface area (Å²) in [6.45, 7) is 0. The second-order valence-corrected chi connectivity index (χ2v) is 4.70. The molecule has 0 saturated carbocycles. The van der Waals surface area contributed by atoms with E-state index >= 15 is 0 Å². The van der Waals surface area contributed by atoms with Crippen LogP contribution in [0, 0.1) is 0 Å². The topological polar surface area (TPSA) is 59.9 Å². The fraction of sp³-hybridized carbons (Fsp3) is 0.100. The van der Waals surface area contributed by atoms with E-state index in [0.29, 0.717) is 5.75 Å². The Labute approximate surface area is 122 Å². The molecule has 2 rings (SSSR count). The number of hydrogen-bond acceptors (Lipinski definition) is 5. The molecule has 0 unspecified atom stereocenters. The van der Waals surface area contributed by atoms with Crippen LogP contribution in [0.3, 0.4) is 0 Å². The van der Waals surface area contributed by atoms with Crippen molar-refractivity contribution in [2.75, 3.05) is 12.4 Å². The average molecular weight is 350 g/mol. The minimum atomic E-state index is 0.0292. The summed E-state index contributed by atoms with van der Waals surface area (Å²) in [5.41, 5.74) is 0.744. The lowest BCUT2D eigenvalue weighted by molar-refractivity contribution is 0.412. The predicted molar refractivity (Wildman–Crippen MR) is 73.8 cm³/mol. The van der Waals surface area contributed by atoms with Gasteiger partial charge in [-0.05, 0) is 51.3 Å². The molecular formula is C10H7BrCl2N4O. The molecule has 8 heteroatoms. The lowest BCUT2D eigenvalue weighted by Crippen LogP contribution is -1.99. The van der Waals surface area contributed by atoms with Crippen LogP contribution in [-0.2, 0) is 0 Å². The highest BCUT2D eigenvalue weighted by molar-refractivity contribution is 9.10. The summed E-state index contributed by atoms with van der Waals surface area (Å²) in [6, 6.07) is 5.46. The third kappa shape index (κ3) is 3.22. The lowest BCUT2D eigenvalue weighted by Gasteiger charge is -2.08. The summed E-state index contributed by atoms with van der Waals surface area (Å²) in [5.74, 6) is 0.954. The van der Waals surface area contributed by atoms with Crippen LogP contribution in [0.2, 0.25) is 10.6 Å². The van der Waals surface area contributed by atoms with Crippen molar-refractivity contribution in [3.63, 3.8) is 0 Å². The average Bonchev–Trinajstić information content (AvgIpc) is 2.30. The fourth-order valence-electron chi connectivity index (χ4n) is 1.25. The first-order valence-electron chi connectivity index (χ1n) is 4.76. The van der Waals surface area contributed by atoms with Crippen LogP contribution in [0.4, 0.5) is 11.6 Å². The molecule has 0 aliphatic carbocycles. The molecule has 0 aliphatic rings. The van der Waals surface area contributed by atoms with Gasteiger partial charge in [0.15, 0.2) is 0 Å². The quantitative estimate of drug-likeness (QED) is 0.915. The second kappa shape index (κ2) is 5.69. The Kier molecular flexibility index (Phi) is 4.21. The molecular weight excluding hydrogens is 343 g/mol. The van der Waals surface area contributed by atoms with Gasteiger partial charge in [0, 0.05) is 11.8 Å². The van der Waals surface area contributed by atoms with Crippen molar-refractivity contribution in [3.8, 4) is 5.75 Å². The van der Waals surface area contributed by atoms with Gasteiger partial charge in [0.2, 0.25) is 16.5 Å². The molecule has 0 amide bonds. The Hall–Kier alpha value is -1.11. The molecule has 1 N–H and O–H groups in total. The molecule has 1 heterocycles. The fourth-order valence-corrected chi connectivity index (χ4v) is 2.02. The van der Waals surface area contributed by atoms with Gasteiger partial charge in [-0.1, -0.05) is 0 Å². The third-order valence-corrected chi connectivity index (χ3v) is 2.98. The molecule has 2 aromatic rings. The third-order valence-electron chi connectivity index (χ3n) is 1.99. The number of anilines is 2. The van der Waals surface area contributed by atoms with Gasteiger partial charge in [0.25, 0.3) is 0 Å². The molecule has 1 aromatic heterocycles. The molecule has 5 nitrogen and oxygen atoms in total. The van der Waals surface area contributed by atoms with Crippen molar-refractivity contribution >= 4 is 50.8 Å². The van der Waals surface area contributed by atoms with E-state index < -0.39 is 0 Å². The monoisotopic (exact) mass is 348 g/mol. The Morgan fingerprint density at radius 1 is 1.17 bits per heavy atom. The first kappa shape index (κ1) is 13.3. The maximum Gasteiger partial charge on any atom is 0.232 e. The van der Waals surface area contributed by atoms with E-state index in [-0.39, 0.29) is 16.5 Å². The van der Waals surface area contributed by atoms with Gasteiger partial charge >= 0.3 is 0 Å². The Balaban J connectivity index is 2.28. The van der Waals surface area contributed by atoms with E-state index in [2.05, 4.69) is 36.2 Å². The van der Waals surface area contributed by atoms with E-state index in [4.69, 9.17) is 27.9 Å². The molecule has 1 aromatic carbocycles. The van der Waals surface area contributed by atoms with Gasteiger partial charge < -0.3 is 10.1 Å². The maximum atomic E-state index is 5.68. The van der Waals surface area contributed by atoms with E-state index in [1.165, 1.54) is 0 Å². The summed E-state index contributed by atoms with van der Waals surface area (Å²) in [5, 5.41) is 3.01. The minimum Gasteiger partial charge on any atom is -0.495 e. The second-order valence-electron chi connectivity index (χ2n) is 3.17. The van der Waals surface area contributed by atoms with Crippen LogP contribution < -0.4 is 10.1 Å². The normalized spacial score (nSPS) is 10.2. The first-order chi connectivity index (χ1) is 8.58. The number of halogens is 3. The van der Waals surface area contributed by atoms with Crippen molar-refractivity contribution in [2.24, 2.45) is 0 Å². The molecule has 0 fully saturated rings. The van der Waals surface area contributed by atoms with Crippen LogP contribution in [0.1, 0.15) is 0 Å². The summed E-state index contributed by atoms with van der Waals surface area (Å²) in [7, 11) is 1.58. The summed E-state index contributed by atoms with van der Waals surface area (Å²) in [4.78, 5) is 11.5. The number of nitrogens with zero attached hydrogens (tertiary/aromatic N) is 3. The molecule has 0 aliphatic heterocycles. The number of methoxy groups -OCH3 is 1. The van der Waals surface area contributed by atoms with E-state index in [0.717, 1.165) is 10.2 Å². The number of benzene rings is 1. The minimum absolute atomic E-state index is 0.0292. The van der Waals surface area contributed by atoms with E-state index in [1.807, 2.05) is 12.1 Å². The SMILES string of the molecule is COc1cc(Nc2nc(Cl)nc(Cl)n2)ccc1Br. The van der Waals surface area contributed by atoms with Crippen molar-refractivity contribution < 1.29 is 4.74 Å². The zero-order valence-electron chi connectivity index (χ0n) is 9.12. The van der Waals surface area contributed by atoms with Gasteiger partial charge in [-0.3, -0.25) is 0 Å².